The van der Waals surface area contributed by atoms with Crippen molar-refractivity contribution >= 4 is 73.2 Å². The van der Waals surface area contributed by atoms with Gasteiger partial charge in [-0.2, -0.15) is 4.99 Å². The lowest BCUT2D eigenvalue weighted by atomic mass is 10.0. The van der Waals surface area contributed by atoms with Gasteiger partial charge in [-0.05, 0) is 83.1 Å². The van der Waals surface area contributed by atoms with Gasteiger partial charge < -0.3 is 8.98 Å². The molecule has 7 heteroatoms. The van der Waals surface area contributed by atoms with E-state index >= 15 is 0 Å². The third kappa shape index (κ3) is 6.78. The van der Waals surface area contributed by atoms with Gasteiger partial charge in [0.05, 0.1) is 28.6 Å². The molecule has 0 spiro atoms. The Balaban J connectivity index is 1.01. The van der Waals surface area contributed by atoms with Gasteiger partial charge in [-0.15, -0.1) is 0 Å². The van der Waals surface area contributed by atoms with Crippen molar-refractivity contribution in [2.24, 2.45) is 15.0 Å². The van der Waals surface area contributed by atoms with Crippen LogP contribution in [0.2, 0.25) is 0 Å². The molecule has 0 N–H and O–H groups in total. The molecule has 0 amide bonds. The minimum absolute atomic E-state index is 0.432. The first-order valence-corrected chi connectivity index (χ1v) is 22.0. The van der Waals surface area contributed by atoms with Gasteiger partial charge in [-0.3, -0.25) is 9.56 Å². The molecule has 12 rings (SSSR count). The van der Waals surface area contributed by atoms with Crippen LogP contribution in [0.4, 0.5) is 0 Å². The number of rotatable bonds is 7. The molecule has 3 aromatic heterocycles. The predicted molar refractivity (Wildman–Crippen MR) is 273 cm³/mol. The van der Waals surface area contributed by atoms with E-state index in [0.717, 1.165) is 99.3 Å². The lowest BCUT2D eigenvalue weighted by Crippen LogP contribution is -2.13. The summed E-state index contributed by atoms with van der Waals surface area (Å²) in [7, 11) is 0. The highest BCUT2D eigenvalue weighted by Crippen LogP contribution is 2.41. The van der Waals surface area contributed by atoms with E-state index in [1.807, 2.05) is 48.5 Å². The second-order valence-electron chi connectivity index (χ2n) is 16.3. The Bertz CT molecular complexity index is 3790. The van der Waals surface area contributed by atoms with Gasteiger partial charge in [0.1, 0.15) is 5.52 Å². The number of hydrogen-bond donors (Lipinski definition) is 0. The van der Waals surface area contributed by atoms with Crippen LogP contribution >= 0.6 is 0 Å². The number of benzene rings is 9. The van der Waals surface area contributed by atoms with Crippen LogP contribution in [0.25, 0.3) is 94.1 Å². The van der Waals surface area contributed by atoms with E-state index in [2.05, 4.69) is 186 Å². The fourth-order valence-electron chi connectivity index (χ4n) is 9.21. The summed E-state index contributed by atoms with van der Waals surface area (Å²) in [6.45, 7) is 4.60. The van der Waals surface area contributed by atoms with Gasteiger partial charge in [-0.25, -0.2) is 9.98 Å². The zero-order valence-corrected chi connectivity index (χ0v) is 35.8. The van der Waals surface area contributed by atoms with Crippen LogP contribution < -0.4 is 0 Å². The van der Waals surface area contributed by atoms with Crippen LogP contribution in [0.5, 0.6) is 0 Å². The predicted octanol–water partition coefficient (Wildman–Crippen LogP) is 14.6. The third-order valence-corrected chi connectivity index (χ3v) is 12.4. The van der Waals surface area contributed by atoms with E-state index in [1.54, 1.807) is 0 Å². The van der Waals surface area contributed by atoms with Crippen LogP contribution in [0.15, 0.2) is 238 Å². The van der Waals surface area contributed by atoms with Crippen molar-refractivity contribution in [2.45, 2.75) is 6.54 Å². The Morgan fingerprint density at radius 2 is 1.03 bits per heavy atom. The molecule has 0 radical (unpaired) electrons. The average molecular weight is 849 g/mol. The molecule has 7 nitrogen and oxygen atoms in total. The summed E-state index contributed by atoms with van der Waals surface area (Å²) in [6, 6.07) is 75.7. The molecule has 66 heavy (non-hydrogen) atoms. The smallest absolute Gasteiger partial charge is 0.236 e. The van der Waals surface area contributed by atoms with Gasteiger partial charge in [-0.1, -0.05) is 170 Å². The Kier molecular flexibility index (Phi) is 9.57. The number of aromatic nitrogens is 3. The van der Waals surface area contributed by atoms with E-state index < -0.39 is 0 Å². The first-order chi connectivity index (χ1) is 32.7. The second-order valence-corrected chi connectivity index (χ2v) is 16.3. The number of para-hydroxylation sites is 4. The number of aliphatic imine (C=N–C) groups is 3. The van der Waals surface area contributed by atoms with Gasteiger partial charge in [0.25, 0.3) is 0 Å². The average Bonchev–Trinajstić information content (AvgIpc) is 4.08. The molecule has 0 unspecified atom stereocenters. The van der Waals surface area contributed by atoms with Crippen molar-refractivity contribution in [1.29, 1.82) is 0 Å². The van der Waals surface area contributed by atoms with Crippen molar-refractivity contribution < 1.29 is 4.42 Å². The highest BCUT2D eigenvalue weighted by atomic mass is 16.3. The van der Waals surface area contributed by atoms with Crippen LogP contribution in [0.1, 0.15) is 11.1 Å². The molecular formula is C59H40N6O. The number of oxazole rings is 1. The maximum Gasteiger partial charge on any atom is 0.236 e. The molecule has 312 valence electrons. The zero-order chi connectivity index (χ0) is 44.0. The van der Waals surface area contributed by atoms with Gasteiger partial charge in [0.15, 0.2) is 11.4 Å². The lowest BCUT2D eigenvalue weighted by molar-refractivity contribution is 0.620. The van der Waals surface area contributed by atoms with Crippen molar-refractivity contribution in [1.82, 2.24) is 14.1 Å². The number of amidine groups is 1. The number of nitrogens with zero attached hydrogens (tertiary/aromatic N) is 6. The zero-order valence-electron chi connectivity index (χ0n) is 35.8. The maximum absolute atomic E-state index is 6.05. The molecule has 9 aromatic carbocycles. The van der Waals surface area contributed by atoms with Crippen molar-refractivity contribution in [3.05, 3.63) is 230 Å². The molecule has 3 heterocycles. The van der Waals surface area contributed by atoms with Gasteiger partial charge >= 0.3 is 0 Å². The molecule has 0 aliphatic carbocycles. The van der Waals surface area contributed by atoms with Crippen LogP contribution in [-0.4, -0.2) is 32.6 Å². The summed E-state index contributed by atoms with van der Waals surface area (Å²) >= 11 is 0. The summed E-state index contributed by atoms with van der Waals surface area (Å²) in [5.41, 5.74) is 14.1. The summed E-state index contributed by atoms with van der Waals surface area (Å²) in [5.74, 6) is 1.61. The molecule has 0 saturated carbocycles. The molecule has 12 aromatic rings. The summed E-state index contributed by atoms with van der Waals surface area (Å²) in [5, 5.41) is 4.45. The molecule has 0 aliphatic heterocycles. The standard InChI is InChI=1S/C59H40N6O/c1-60-59(63-57(61-38-39-14-4-2-5-15-39)44-28-24-41(25-29-44)40-16-6-3-7-17-40)65-53-22-12-9-19-48(53)50-37-36-49-47-18-8-11-21-52(47)64(55(49)56(50)65)46-34-32-43(33-35-46)42-26-30-45(31-27-42)58-62-51-20-10-13-23-54(51)66-58/h2-37H,1,38H2. The fourth-order valence-corrected chi connectivity index (χ4v) is 9.21. The first-order valence-electron chi connectivity index (χ1n) is 22.0. The Labute approximate surface area is 380 Å². The lowest BCUT2D eigenvalue weighted by Gasteiger charge is -2.13. The molecule has 0 atom stereocenters. The largest absolute Gasteiger partial charge is 0.436 e. The van der Waals surface area contributed by atoms with Crippen molar-refractivity contribution in [3.63, 3.8) is 0 Å². The maximum atomic E-state index is 6.05. The summed E-state index contributed by atoms with van der Waals surface area (Å²) in [4.78, 5) is 19.9. The number of hydrogen-bond acceptors (Lipinski definition) is 3. The van der Waals surface area contributed by atoms with E-state index in [0.29, 0.717) is 24.2 Å². The summed E-state index contributed by atoms with van der Waals surface area (Å²) in [6.07, 6.45) is 0. The fraction of sp³-hybridized carbons (Fsp3) is 0.0169. The molecule has 0 fully saturated rings. The minimum Gasteiger partial charge on any atom is -0.436 e. The van der Waals surface area contributed by atoms with E-state index in [1.165, 1.54) is 0 Å². The van der Waals surface area contributed by atoms with Crippen LogP contribution in [0.3, 0.4) is 0 Å². The highest BCUT2D eigenvalue weighted by Gasteiger charge is 2.23. The van der Waals surface area contributed by atoms with Crippen LogP contribution in [0, 0.1) is 0 Å². The Hall–Kier alpha value is -8.94. The van der Waals surface area contributed by atoms with Crippen LogP contribution in [-0.2, 0) is 6.54 Å². The van der Waals surface area contributed by atoms with E-state index in [4.69, 9.17) is 24.4 Å². The second kappa shape index (κ2) is 16.3. The van der Waals surface area contributed by atoms with Crippen molar-refractivity contribution in [2.75, 3.05) is 0 Å². The highest BCUT2D eigenvalue weighted by molar-refractivity contribution is 6.26. The quantitative estimate of drug-likeness (QED) is 0.118. The minimum atomic E-state index is 0.432. The van der Waals surface area contributed by atoms with Gasteiger partial charge in [0.2, 0.25) is 11.9 Å². The molecule has 0 aliphatic rings. The SMILES string of the molecule is C=NC(=NC(=NCc1ccccc1)c1ccc(-c2ccccc2)cc1)n1c2ccccc2c2ccc3c4ccccc4n(-c4ccc(-c5ccc(-c6nc7ccccc7o6)cc5)cc4)c3c21. The Morgan fingerprint density at radius 3 is 1.73 bits per heavy atom. The van der Waals surface area contributed by atoms with E-state index in [9.17, 15) is 0 Å². The first kappa shape index (κ1) is 38.7. The van der Waals surface area contributed by atoms with E-state index in [-0.39, 0.29) is 0 Å². The number of fused-ring (bicyclic) bond motifs is 8. The van der Waals surface area contributed by atoms with Gasteiger partial charge in [0, 0.05) is 38.4 Å². The molecule has 0 bridgehead atoms. The third-order valence-electron chi connectivity index (χ3n) is 12.4. The van der Waals surface area contributed by atoms with Crippen molar-refractivity contribution in [3.8, 4) is 39.4 Å². The topological polar surface area (TPSA) is 73.0 Å². The normalized spacial score (nSPS) is 12.2. The Morgan fingerprint density at radius 1 is 0.485 bits per heavy atom. The monoisotopic (exact) mass is 848 g/mol. The summed E-state index contributed by atoms with van der Waals surface area (Å²) < 4.78 is 10.6. The molecular weight excluding hydrogens is 809 g/mol. The molecule has 0 saturated heterocycles.